The van der Waals surface area contributed by atoms with Gasteiger partial charge < -0.3 is 5.32 Å². The number of nitrogens with one attached hydrogen (secondary N) is 1. The molecular formula is C22H22ClN5O. The number of nitrogens with zero attached hydrogens (tertiary/aromatic N) is 4. The number of aryl methyl sites for hydroxylation is 1. The fourth-order valence-corrected chi connectivity index (χ4v) is 3.41. The van der Waals surface area contributed by atoms with Gasteiger partial charge in [-0.15, -0.1) is 0 Å². The summed E-state index contributed by atoms with van der Waals surface area (Å²) >= 11 is 6.20. The van der Waals surface area contributed by atoms with Crippen LogP contribution in [0.25, 0.3) is 11.1 Å². The molecule has 0 saturated heterocycles. The number of halogens is 1. The predicted molar refractivity (Wildman–Crippen MR) is 113 cm³/mol. The highest BCUT2D eigenvalue weighted by Gasteiger charge is 2.15. The molecule has 1 amide bonds. The third-order valence-electron chi connectivity index (χ3n) is 4.68. The fraction of sp³-hybridized carbons (Fsp3) is 0.273. The first-order valence-electron chi connectivity index (χ1n) is 9.41. The smallest absolute Gasteiger partial charge is 0.269 e. The van der Waals surface area contributed by atoms with Crippen molar-refractivity contribution in [1.82, 2.24) is 20.1 Å². The van der Waals surface area contributed by atoms with Crippen molar-refractivity contribution in [3.8, 4) is 17.2 Å². The second kappa shape index (κ2) is 8.89. The van der Waals surface area contributed by atoms with Crippen LogP contribution >= 0.6 is 11.6 Å². The zero-order valence-electron chi connectivity index (χ0n) is 16.7. The molecule has 3 aromatic rings. The van der Waals surface area contributed by atoms with Crippen molar-refractivity contribution in [2.75, 3.05) is 6.54 Å². The lowest BCUT2D eigenvalue weighted by molar-refractivity contribution is 0.0948. The molecule has 0 bridgehead atoms. The molecule has 0 atom stereocenters. The van der Waals surface area contributed by atoms with Gasteiger partial charge in [0.25, 0.3) is 5.91 Å². The molecule has 0 aliphatic carbocycles. The van der Waals surface area contributed by atoms with E-state index < -0.39 is 0 Å². The molecule has 3 rings (SSSR count). The minimum atomic E-state index is -0.163. The zero-order valence-corrected chi connectivity index (χ0v) is 17.4. The van der Waals surface area contributed by atoms with Crippen LogP contribution in [0.1, 0.15) is 46.3 Å². The lowest BCUT2D eigenvalue weighted by Crippen LogP contribution is -2.24. The van der Waals surface area contributed by atoms with E-state index >= 15 is 0 Å². The van der Waals surface area contributed by atoms with E-state index in [-0.39, 0.29) is 5.91 Å². The second-order valence-electron chi connectivity index (χ2n) is 6.82. The van der Waals surface area contributed by atoms with E-state index in [4.69, 9.17) is 16.9 Å². The summed E-state index contributed by atoms with van der Waals surface area (Å²) in [5.74, 6) is -0.163. The van der Waals surface area contributed by atoms with Crippen molar-refractivity contribution in [1.29, 1.82) is 5.26 Å². The van der Waals surface area contributed by atoms with E-state index in [2.05, 4.69) is 21.5 Å². The lowest BCUT2D eigenvalue weighted by atomic mass is 10.0. The minimum Gasteiger partial charge on any atom is -0.351 e. The Kier molecular flexibility index (Phi) is 6.30. The highest BCUT2D eigenvalue weighted by molar-refractivity contribution is 6.32. The van der Waals surface area contributed by atoms with Crippen LogP contribution in [0.5, 0.6) is 0 Å². The quantitative estimate of drug-likeness (QED) is 0.661. The first kappa shape index (κ1) is 20.6. The molecule has 0 fully saturated rings. The molecule has 7 heteroatoms. The van der Waals surface area contributed by atoms with Crippen molar-refractivity contribution in [3.63, 3.8) is 0 Å². The van der Waals surface area contributed by atoms with Crippen LogP contribution in [0.15, 0.2) is 36.5 Å². The number of aromatic nitrogens is 3. The van der Waals surface area contributed by atoms with Gasteiger partial charge in [-0.2, -0.15) is 10.4 Å². The van der Waals surface area contributed by atoms with Gasteiger partial charge in [0.15, 0.2) is 0 Å². The molecule has 29 heavy (non-hydrogen) atoms. The van der Waals surface area contributed by atoms with Gasteiger partial charge in [-0.1, -0.05) is 30.7 Å². The summed E-state index contributed by atoms with van der Waals surface area (Å²) in [6.07, 6.45) is 2.59. The maximum Gasteiger partial charge on any atom is 0.269 e. The molecule has 0 unspecified atom stereocenters. The van der Waals surface area contributed by atoms with Crippen molar-refractivity contribution in [2.24, 2.45) is 0 Å². The van der Waals surface area contributed by atoms with Gasteiger partial charge in [-0.05, 0) is 49.6 Å². The number of pyridine rings is 1. The molecule has 0 aliphatic rings. The molecule has 0 radical (unpaired) electrons. The summed E-state index contributed by atoms with van der Waals surface area (Å²) in [7, 11) is 0. The third-order valence-corrected chi connectivity index (χ3v) is 5.00. The summed E-state index contributed by atoms with van der Waals surface area (Å²) in [5, 5.41) is 17.0. The Morgan fingerprint density at radius 2 is 2.07 bits per heavy atom. The van der Waals surface area contributed by atoms with Crippen molar-refractivity contribution in [3.05, 3.63) is 69.8 Å². The number of rotatable bonds is 6. The van der Waals surface area contributed by atoms with Gasteiger partial charge in [0, 0.05) is 24.0 Å². The summed E-state index contributed by atoms with van der Waals surface area (Å²) in [5.41, 5.74) is 5.61. The van der Waals surface area contributed by atoms with E-state index in [1.54, 1.807) is 24.4 Å². The van der Waals surface area contributed by atoms with Gasteiger partial charge in [0.1, 0.15) is 11.8 Å². The van der Waals surface area contributed by atoms with Crippen molar-refractivity contribution < 1.29 is 4.79 Å². The van der Waals surface area contributed by atoms with E-state index in [1.165, 1.54) is 0 Å². The summed E-state index contributed by atoms with van der Waals surface area (Å²) < 4.78 is 1.91. The van der Waals surface area contributed by atoms with E-state index in [0.29, 0.717) is 29.4 Å². The lowest BCUT2D eigenvalue weighted by Gasteiger charge is -2.08. The first-order valence-corrected chi connectivity index (χ1v) is 9.79. The zero-order chi connectivity index (χ0) is 21.0. The SMILES string of the molecule is CCCNC(=O)c1ccc(Cn2nc(C)c(-c3ccc(C#N)c(Cl)c3)c2C)cn1. The average Bonchev–Trinajstić information content (AvgIpc) is 2.99. The third kappa shape index (κ3) is 4.47. The number of hydrogen-bond donors (Lipinski definition) is 1. The Morgan fingerprint density at radius 3 is 2.69 bits per heavy atom. The Balaban J connectivity index is 1.83. The Bertz CT molecular complexity index is 1080. The van der Waals surface area contributed by atoms with E-state index in [9.17, 15) is 4.79 Å². The number of nitriles is 1. The number of carbonyl (C=O) groups is 1. The molecule has 148 valence electrons. The van der Waals surface area contributed by atoms with Crippen LogP contribution in [0.2, 0.25) is 5.02 Å². The average molecular weight is 408 g/mol. The normalized spacial score (nSPS) is 10.6. The molecular weight excluding hydrogens is 386 g/mol. The van der Waals surface area contributed by atoms with Gasteiger partial charge in [0.2, 0.25) is 0 Å². The Hall–Kier alpha value is -3.17. The van der Waals surface area contributed by atoms with Crippen molar-refractivity contribution in [2.45, 2.75) is 33.7 Å². The maximum atomic E-state index is 12.0. The summed E-state index contributed by atoms with van der Waals surface area (Å²) in [6.45, 7) is 7.13. The van der Waals surface area contributed by atoms with Gasteiger partial charge in [-0.3, -0.25) is 14.5 Å². The van der Waals surface area contributed by atoms with Crippen LogP contribution in [-0.2, 0) is 6.54 Å². The molecule has 1 N–H and O–H groups in total. The topological polar surface area (TPSA) is 83.6 Å². The standard InChI is InChI=1S/C22H22ClN5O/c1-4-9-25-22(29)20-8-5-16(12-26-20)13-28-15(3)21(14(2)27-28)17-6-7-18(11-24)19(23)10-17/h5-8,10,12H,4,9,13H2,1-3H3,(H,25,29). The number of amides is 1. The molecule has 1 aromatic carbocycles. The van der Waals surface area contributed by atoms with Crippen LogP contribution in [0, 0.1) is 25.2 Å². The van der Waals surface area contributed by atoms with Crippen LogP contribution in [0.4, 0.5) is 0 Å². The Morgan fingerprint density at radius 1 is 1.28 bits per heavy atom. The maximum absolute atomic E-state index is 12.0. The molecule has 0 aliphatic heterocycles. The van der Waals surface area contributed by atoms with Crippen LogP contribution in [0.3, 0.4) is 0 Å². The summed E-state index contributed by atoms with van der Waals surface area (Å²) in [4.78, 5) is 16.3. The van der Waals surface area contributed by atoms with Gasteiger partial charge in [0.05, 0.1) is 22.8 Å². The highest BCUT2D eigenvalue weighted by atomic mass is 35.5. The molecule has 6 nitrogen and oxygen atoms in total. The number of carbonyl (C=O) groups excluding carboxylic acids is 1. The fourth-order valence-electron chi connectivity index (χ4n) is 3.18. The monoisotopic (exact) mass is 407 g/mol. The second-order valence-corrected chi connectivity index (χ2v) is 7.22. The molecule has 0 spiro atoms. The number of benzene rings is 1. The molecule has 0 saturated carbocycles. The minimum absolute atomic E-state index is 0.163. The molecule has 2 aromatic heterocycles. The molecule has 2 heterocycles. The largest absolute Gasteiger partial charge is 0.351 e. The number of hydrogen-bond acceptors (Lipinski definition) is 4. The van der Waals surface area contributed by atoms with Crippen LogP contribution < -0.4 is 5.32 Å². The van der Waals surface area contributed by atoms with E-state index in [0.717, 1.165) is 34.5 Å². The van der Waals surface area contributed by atoms with Gasteiger partial charge in [-0.25, -0.2) is 0 Å². The summed E-state index contributed by atoms with van der Waals surface area (Å²) in [6, 6.07) is 11.1. The van der Waals surface area contributed by atoms with E-state index in [1.807, 2.05) is 37.6 Å². The van der Waals surface area contributed by atoms with Crippen LogP contribution in [-0.4, -0.2) is 27.2 Å². The van der Waals surface area contributed by atoms with Crippen molar-refractivity contribution >= 4 is 17.5 Å². The highest BCUT2D eigenvalue weighted by Crippen LogP contribution is 2.30. The first-order chi connectivity index (χ1) is 13.9. The Labute approximate surface area is 175 Å². The predicted octanol–water partition coefficient (Wildman–Crippen LogP) is 4.28. The van der Waals surface area contributed by atoms with Gasteiger partial charge >= 0.3 is 0 Å².